The van der Waals surface area contributed by atoms with Gasteiger partial charge in [-0.3, -0.25) is 14.3 Å². The third kappa shape index (κ3) is 6.08. The number of piperazine rings is 1. The minimum Gasteiger partial charge on any atom is -0.380 e. The van der Waals surface area contributed by atoms with E-state index in [4.69, 9.17) is 28.3 Å². The first kappa shape index (κ1) is 29.1. The van der Waals surface area contributed by atoms with Crippen molar-refractivity contribution in [2.24, 2.45) is 0 Å². The van der Waals surface area contributed by atoms with Gasteiger partial charge in [-0.25, -0.2) is 4.67 Å². The molecule has 2 saturated heterocycles. The summed E-state index contributed by atoms with van der Waals surface area (Å²) in [6.07, 6.45) is -0.468. The molecule has 3 unspecified atom stereocenters. The fourth-order valence-corrected chi connectivity index (χ4v) is 7.62. The summed E-state index contributed by atoms with van der Waals surface area (Å²) in [5, 5.41) is 0. The van der Waals surface area contributed by atoms with E-state index in [0.717, 1.165) is 16.7 Å². The predicted octanol–water partition coefficient (Wildman–Crippen LogP) is 4.70. The second-order valence-electron chi connectivity index (χ2n) is 10.2. The van der Waals surface area contributed by atoms with Crippen LogP contribution in [0.5, 0.6) is 0 Å². The number of morpholine rings is 1. The van der Waals surface area contributed by atoms with Crippen LogP contribution in [0.4, 0.5) is 0 Å². The van der Waals surface area contributed by atoms with Crippen molar-refractivity contribution in [3.63, 3.8) is 0 Å². The average Bonchev–Trinajstić information content (AvgIpc) is 2.98. The Morgan fingerprint density at radius 2 is 1.38 bits per heavy atom. The van der Waals surface area contributed by atoms with Crippen LogP contribution in [-0.4, -0.2) is 86.2 Å². The minimum absolute atomic E-state index is 0.00612. The third-order valence-electron chi connectivity index (χ3n) is 7.70. The molecule has 0 saturated carbocycles. The Balaban J connectivity index is 1.43. The van der Waals surface area contributed by atoms with Crippen LogP contribution in [0.3, 0.4) is 0 Å². The molecule has 7 nitrogen and oxygen atoms in total. The quantitative estimate of drug-likeness (QED) is 0.220. The molecular formula is C30H34BClN3O4P. The number of amides is 1. The van der Waals surface area contributed by atoms with E-state index in [1.807, 2.05) is 54.6 Å². The van der Waals surface area contributed by atoms with Crippen LogP contribution in [0.15, 0.2) is 91.0 Å². The second-order valence-corrected chi connectivity index (χ2v) is 13.2. The monoisotopic (exact) mass is 577 g/mol. The van der Waals surface area contributed by atoms with Gasteiger partial charge in [-0.15, -0.1) is 0 Å². The van der Waals surface area contributed by atoms with Gasteiger partial charge in [-0.05, 0) is 27.9 Å². The molecule has 1 amide bonds. The SMILES string of the molecule is [B]C1CN(C(c2ccccc2)(c2ccccc2)c2ccccc2)CC(COP(=O)(Cl)N2CCN(C(C)=O)CC2)O1. The Bertz CT molecular complexity index is 1220. The Kier molecular flexibility index (Phi) is 9.16. The number of nitrogens with zero attached hydrogens (tertiary/aromatic N) is 3. The highest BCUT2D eigenvalue weighted by Crippen LogP contribution is 2.56. The zero-order valence-corrected chi connectivity index (χ0v) is 24.3. The van der Waals surface area contributed by atoms with Crippen LogP contribution in [0.25, 0.3) is 0 Å². The summed E-state index contributed by atoms with van der Waals surface area (Å²) < 4.78 is 27.0. The van der Waals surface area contributed by atoms with E-state index in [2.05, 4.69) is 41.3 Å². The molecule has 2 radical (unpaired) electrons. The third-order valence-corrected chi connectivity index (χ3v) is 10.2. The van der Waals surface area contributed by atoms with Gasteiger partial charge in [-0.2, -0.15) is 0 Å². The Morgan fingerprint density at radius 1 is 0.900 bits per heavy atom. The molecule has 40 heavy (non-hydrogen) atoms. The lowest BCUT2D eigenvalue weighted by Gasteiger charge is -2.50. The van der Waals surface area contributed by atoms with E-state index in [1.54, 1.807) is 9.57 Å². The van der Waals surface area contributed by atoms with E-state index in [-0.39, 0.29) is 12.5 Å². The molecule has 2 aliphatic rings. The largest absolute Gasteiger partial charge is 0.380 e. The normalized spacial score (nSPS) is 22.5. The number of halogens is 1. The number of ether oxygens (including phenoxy) is 1. The zero-order chi connectivity index (χ0) is 28.2. The lowest BCUT2D eigenvalue weighted by molar-refractivity contribution is -0.130. The molecule has 0 spiro atoms. The van der Waals surface area contributed by atoms with Gasteiger partial charge >= 0.3 is 6.87 Å². The number of carbonyl (C=O) groups is 1. The molecule has 5 rings (SSSR count). The standard InChI is InChI=1S/C30H34BClN3O4P/c1-24(36)33-17-19-35(20-18-33)40(32,37)38-23-28-21-34(22-29(31)39-28)30(25-11-5-2-6-12-25,26-13-7-3-8-14-26)27-15-9-4-10-16-27/h2-16,28-29H,17-23H2,1H3. The van der Waals surface area contributed by atoms with Gasteiger partial charge < -0.3 is 14.2 Å². The summed E-state index contributed by atoms with van der Waals surface area (Å²) in [5.74, 6) is -0.00612. The number of hydrogen-bond donors (Lipinski definition) is 0. The lowest BCUT2D eigenvalue weighted by Crippen LogP contribution is -2.58. The molecule has 0 aliphatic carbocycles. The predicted molar refractivity (Wildman–Crippen MR) is 158 cm³/mol. The summed E-state index contributed by atoms with van der Waals surface area (Å²) in [6, 6.07) is 30.6. The first-order chi connectivity index (χ1) is 19.3. The van der Waals surface area contributed by atoms with Crippen molar-refractivity contribution in [2.75, 3.05) is 45.9 Å². The molecule has 2 aliphatic heterocycles. The number of rotatable bonds is 8. The van der Waals surface area contributed by atoms with E-state index >= 15 is 0 Å². The summed E-state index contributed by atoms with van der Waals surface area (Å²) in [4.78, 5) is 15.7. The van der Waals surface area contributed by atoms with Gasteiger partial charge in [0, 0.05) is 52.2 Å². The lowest BCUT2D eigenvalue weighted by atomic mass is 9.74. The molecule has 3 aromatic carbocycles. The highest BCUT2D eigenvalue weighted by Gasteiger charge is 2.45. The van der Waals surface area contributed by atoms with Gasteiger partial charge in [0.1, 0.15) is 7.85 Å². The highest BCUT2D eigenvalue weighted by molar-refractivity contribution is 7.83. The molecular weight excluding hydrogens is 544 g/mol. The van der Waals surface area contributed by atoms with Gasteiger partial charge in [0.05, 0.1) is 18.2 Å². The van der Waals surface area contributed by atoms with E-state index in [1.165, 1.54) is 6.92 Å². The van der Waals surface area contributed by atoms with Gasteiger partial charge in [0.2, 0.25) is 5.91 Å². The maximum atomic E-state index is 13.4. The second kappa shape index (κ2) is 12.6. The first-order valence-electron chi connectivity index (χ1n) is 13.6. The van der Waals surface area contributed by atoms with Crippen molar-refractivity contribution in [1.29, 1.82) is 0 Å². The summed E-state index contributed by atoms with van der Waals surface area (Å²) in [7, 11) is 6.50. The van der Waals surface area contributed by atoms with Crippen molar-refractivity contribution in [3.05, 3.63) is 108 Å². The van der Waals surface area contributed by atoms with Crippen molar-refractivity contribution in [3.8, 4) is 0 Å². The molecule has 2 fully saturated rings. The molecule has 10 heteroatoms. The van der Waals surface area contributed by atoms with Crippen LogP contribution in [0.1, 0.15) is 23.6 Å². The Hall–Kier alpha value is -2.45. The molecule has 3 atom stereocenters. The van der Waals surface area contributed by atoms with Crippen LogP contribution in [0.2, 0.25) is 0 Å². The Morgan fingerprint density at radius 3 is 1.82 bits per heavy atom. The maximum absolute atomic E-state index is 13.4. The van der Waals surface area contributed by atoms with Crippen molar-refractivity contribution in [2.45, 2.75) is 24.6 Å². The Labute approximate surface area is 242 Å². The summed E-state index contributed by atoms with van der Waals surface area (Å²) >= 11 is 6.47. The highest BCUT2D eigenvalue weighted by atomic mass is 35.7. The average molecular weight is 578 g/mol. The molecule has 2 heterocycles. The topological polar surface area (TPSA) is 62.3 Å². The molecule has 0 bridgehead atoms. The van der Waals surface area contributed by atoms with Gasteiger partial charge in [-0.1, -0.05) is 91.0 Å². The number of benzene rings is 3. The van der Waals surface area contributed by atoms with E-state index < -0.39 is 24.5 Å². The van der Waals surface area contributed by atoms with E-state index in [0.29, 0.717) is 39.3 Å². The fourth-order valence-electron chi connectivity index (χ4n) is 5.83. The smallest absolute Gasteiger partial charge is 0.363 e. The molecule has 208 valence electrons. The zero-order valence-electron chi connectivity index (χ0n) is 22.6. The van der Waals surface area contributed by atoms with Crippen LogP contribution in [-0.2, 0) is 24.2 Å². The molecule has 0 aromatic heterocycles. The minimum atomic E-state index is -3.62. The number of carbonyl (C=O) groups excluding carboxylic acids is 1. The van der Waals surface area contributed by atoms with Crippen molar-refractivity contribution < 1.29 is 18.6 Å². The maximum Gasteiger partial charge on any atom is 0.363 e. The molecule has 3 aromatic rings. The van der Waals surface area contributed by atoms with Gasteiger partial charge in [0.25, 0.3) is 0 Å². The first-order valence-corrected chi connectivity index (χ1v) is 16.1. The summed E-state index contributed by atoms with van der Waals surface area (Å²) in [6.45, 7) is 0.571. The van der Waals surface area contributed by atoms with E-state index in [9.17, 15) is 9.36 Å². The summed E-state index contributed by atoms with van der Waals surface area (Å²) in [5.41, 5.74) is 2.66. The van der Waals surface area contributed by atoms with Crippen LogP contribution < -0.4 is 0 Å². The van der Waals surface area contributed by atoms with Crippen molar-refractivity contribution in [1.82, 2.24) is 14.5 Å². The molecule has 0 N–H and O–H groups in total. The van der Waals surface area contributed by atoms with Crippen LogP contribution in [0, 0.1) is 0 Å². The van der Waals surface area contributed by atoms with Crippen LogP contribution >= 0.6 is 18.1 Å². The van der Waals surface area contributed by atoms with Gasteiger partial charge in [0.15, 0.2) is 0 Å². The van der Waals surface area contributed by atoms with Crippen molar-refractivity contribution >= 4 is 31.9 Å². The fraction of sp³-hybridized carbons (Fsp3) is 0.367. The number of hydrogen-bond acceptors (Lipinski definition) is 5.